The second kappa shape index (κ2) is 7.96. The largest absolute Gasteiger partial charge is 0.410 e. The van der Waals surface area contributed by atoms with Crippen molar-refractivity contribution in [2.75, 3.05) is 0 Å². The summed E-state index contributed by atoms with van der Waals surface area (Å²) in [4.78, 5) is 17.4. The Labute approximate surface area is 158 Å². The summed E-state index contributed by atoms with van der Waals surface area (Å²) in [5, 5.41) is 11.5. The zero-order chi connectivity index (χ0) is 18.7. The third-order valence-electron chi connectivity index (χ3n) is 3.56. The molecule has 26 heavy (non-hydrogen) atoms. The summed E-state index contributed by atoms with van der Waals surface area (Å²) in [6.45, 7) is 5.65. The Morgan fingerprint density at radius 1 is 1.35 bits per heavy atom. The van der Waals surface area contributed by atoms with Gasteiger partial charge in [-0.3, -0.25) is 4.79 Å². The lowest BCUT2D eigenvalue weighted by atomic mass is 10.2. The van der Waals surface area contributed by atoms with Gasteiger partial charge >= 0.3 is 0 Å². The molecule has 0 aliphatic rings. The number of nitrogens with one attached hydrogen (secondary N) is 1. The molecular formula is C17H17FN4O2S2. The van der Waals surface area contributed by atoms with Crippen LogP contribution in [0.1, 0.15) is 23.2 Å². The van der Waals surface area contributed by atoms with Crippen molar-refractivity contribution in [1.29, 1.82) is 0 Å². The number of thioether (sulfide) groups is 1. The van der Waals surface area contributed by atoms with Gasteiger partial charge in [0.25, 0.3) is 11.1 Å². The number of thiazole rings is 1. The Morgan fingerprint density at radius 2 is 2.12 bits per heavy atom. The zero-order valence-corrected chi connectivity index (χ0v) is 16.1. The second-order valence-corrected chi connectivity index (χ2v) is 8.09. The molecule has 136 valence electrons. The molecule has 0 saturated heterocycles. The lowest BCUT2D eigenvalue weighted by molar-refractivity contribution is -0.120. The topological polar surface area (TPSA) is 80.9 Å². The van der Waals surface area contributed by atoms with Crippen LogP contribution in [0.15, 0.2) is 33.9 Å². The van der Waals surface area contributed by atoms with Gasteiger partial charge in [0.2, 0.25) is 5.91 Å². The zero-order valence-electron chi connectivity index (χ0n) is 14.4. The lowest BCUT2D eigenvalue weighted by Gasteiger charge is -2.10. The minimum atomic E-state index is -0.459. The van der Waals surface area contributed by atoms with Crippen molar-refractivity contribution in [2.45, 2.75) is 37.8 Å². The van der Waals surface area contributed by atoms with Crippen molar-refractivity contribution < 1.29 is 13.6 Å². The van der Waals surface area contributed by atoms with Gasteiger partial charge in [-0.1, -0.05) is 30.0 Å². The molecule has 2 aromatic heterocycles. The van der Waals surface area contributed by atoms with Crippen molar-refractivity contribution in [2.24, 2.45) is 0 Å². The highest BCUT2D eigenvalue weighted by Gasteiger charge is 2.20. The maximum absolute atomic E-state index is 13.6. The number of carbonyl (C=O) groups excluding carboxylic acids is 1. The van der Waals surface area contributed by atoms with E-state index in [1.165, 1.54) is 17.4 Å². The Kier molecular flexibility index (Phi) is 5.67. The molecule has 0 saturated carbocycles. The van der Waals surface area contributed by atoms with Crippen LogP contribution in [0.3, 0.4) is 0 Å². The summed E-state index contributed by atoms with van der Waals surface area (Å²) < 4.78 is 19.2. The first-order valence-corrected chi connectivity index (χ1v) is 9.59. The Hall–Kier alpha value is -2.26. The van der Waals surface area contributed by atoms with Gasteiger partial charge in [0, 0.05) is 12.1 Å². The van der Waals surface area contributed by atoms with Crippen LogP contribution in [-0.2, 0) is 11.3 Å². The van der Waals surface area contributed by atoms with E-state index in [1.54, 1.807) is 25.1 Å². The predicted octanol–water partition coefficient (Wildman–Crippen LogP) is 3.75. The van der Waals surface area contributed by atoms with Gasteiger partial charge in [-0.25, -0.2) is 9.37 Å². The molecule has 0 spiro atoms. The first-order valence-electron chi connectivity index (χ1n) is 7.89. The highest BCUT2D eigenvalue weighted by atomic mass is 32.2. The minimum absolute atomic E-state index is 0.130. The molecule has 0 fully saturated rings. The van der Waals surface area contributed by atoms with E-state index in [4.69, 9.17) is 4.42 Å². The van der Waals surface area contributed by atoms with Crippen LogP contribution >= 0.6 is 23.1 Å². The summed E-state index contributed by atoms with van der Waals surface area (Å²) >= 11 is 2.64. The van der Waals surface area contributed by atoms with E-state index in [0.29, 0.717) is 16.7 Å². The first-order chi connectivity index (χ1) is 12.4. The van der Waals surface area contributed by atoms with Gasteiger partial charge in [-0.05, 0) is 26.8 Å². The number of rotatable bonds is 6. The van der Waals surface area contributed by atoms with E-state index in [0.717, 1.165) is 27.3 Å². The Morgan fingerprint density at radius 3 is 2.81 bits per heavy atom. The van der Waals surface area contributed by atoms with Gasteiger partial charge in [-0.2, -0.15) is 0 Å². The molecule has 9 heteroatoms. The molecule has 1 amide bonds. The van der Waals surface area contributed by atoms with Crippen LogP contribution in [0.25, 0.3) is 10.8 Å². The van der Waals surface area contributed by atoms with Crippen molar-refractivity contribution in [3.8, 4) is 10.8 Å². The highest BCUT2D eigenvalue weighted by Crippen LogP contribution is 2.31. The van der Waals surface area contributed by atoms with Crippen LogP contribution in [0.4, 0.5) is 4.39 Å². The monoisotopic (exact) mass is 392 g/mol. The normalized spacial score (nSPS) is 12.2. The van der Waals surface area contributed by atoms with Crippen molar-refractivity contribution in [1.82, 2.24) is 20.5 Å². The summed E-state index contributed by atoms with van der Waals surface area (Å²) in [6.07, 6.45) is 0. The van der Waals surface area contributed by atoms with Gasteiger partial charge in [0.1, 0.15) is 10.7 Å². The summed E-state index contributed by atoms with van der Waals surface area (Å²) in [7, 11) is 0. The van der Waals surface area contributed by atoms with Gasteiger partial charge < -0.3 is 9.73 Å². The van der Waals surface area contributed by atoms with Crippen LogP contribution in [0.2, 0.25) is 0 Å². The smallest absolute Gasteiger partial charge is 0.277 e. The molecule has 1 aromatic carbocycles. The molecule has 1 unspecified atom stereocenters. The van der Waals surface area contributed by atoms with Crippen LogP contribution < -0.4 is 5.32 Å². The minimum Gasteiger partial charge on any atom is -0.410 e. The molecular weight excluding hydrogens is 375 g/mol. The van der Waals surface area contributed by atoms with Crippen LogP contribution in [-0.4, -0.2) is 26.3 Å². The quantitative estimate of drug-likeness (QED) is 0.644. The fourth-order valence-electron chi connectivity index (χ4n) is 2.25. The SMILES string of the molecule is Cc1nc(C)c(-c2nnc(SC(C)C(=O)NCc3ccccc3F)o2)s1. The maximum Gasteiger partial charge on any atom is 0.277 e. The molecule has 6 nitrogen and oxygen atoms in total. The van der Waals surface area contributed by atoms with E-state index in [2.05, 4.69) is 20.5 Å². The number of benzene rings is 1. The summed E-state index contributed by atoms with van der Waals surface area (Å²) in [5.74, 6) is -0.178. The molecule has 0 radical (unpaired) electrons. The number of amides is 1. The number of aryl methyl sites for hydroxylation is 2. The number of aromatic nitrogens is 3. The van der Waals surface area contributed by atoms with Crippen molar-refractivity contribution >= 4 is 29.0 Å². The molecule has 2 heterocycles. The number of hydrogen-bond donors (Lipinski definition) is 1. The number of carbonyl (C=O) groups is 1. The van der Waals surface area contributed by atoms with E-state index < -0.39 is 5.25 Å². The Balaban J connectivity index is 1.59. The van der Waals surface area contributed by atoms with Crippen molar-refractivity contribution in [3.05, 3.63) is 46.3 Å². The highest BCUT2D eigenvalue weighted by molar-refractivity contribution is 8.00. The van der Waals surface area contributed by atoms with Gasteiger partial charge in [0.05, 0.1) is 16.0 Å². The molecule has 3 aromatic rings. The third kappa shape index (κ3) is 4.28. The lowest BCUT2D eigenvalue weighted by Crippen LogP contribution is -2.30. The summed E-state index contributed by atoms with van der Waals surface area (Å²) in [6, 6.07) is 6.34. The molecule has 3 rings (SSSR count). The molecule has 1 N–H and O–H groups in total. The Bertz CT molecular complexity index is 925. The maximum atomic E-state index is 13.6. The number of halogens is 1. The molecule has 0 aliphatic carbocycles. The standard InChI is InChI=1S/C17H17FN4O2S2/c1-9-14(26-11(3)20-9)16-21-22-17(24-16)25-10(2)15(23)19-8-12-6-4-5-7-13(12)18/h4-7,10H,8H2,1-3H3,(H,19,23). The third-order valence-corrected chi connectivity index (χ3v) is 5.56. The fourth-order valence-corrected chi connectivity index (χ4v) is 3.80. The molecule has 1 atom stereocenters. The van der Waals surface area contributed by atoms with Crippen LogP contribution in [0.5, 0.6) is 0 Å². The summed E-state index contributed by atoms with van der Waals surface area (Å²) in [5.41, 5.74) is 1.28. The molecule has 0 aliphatic heterocycles. The second-order valence-electron chi connectivity index (χ2n) is 5.59. The van der Waals surface area contributed by atoms with Crippen LogP contribution in [0, 0.1) is 19.7 Å². The number of hydrogen-bond acceptors (Lipinski definition) is 7. The fraction of sp³-hybridized carbons (Fsp3) is 0.294. The van der Waals surface area contributed by atoms with E-state index in [1.807, 2.05) is 13.8 Å². The van der Waals surface area contributed by atoms with Crippen molar-refractivity contribution in [3.63, 3.8) is 0 Å². The average molecular weight is 392 g/mol. The van der Waals surface area contributed by atoms with Gasteiger partial charge in [0.15, 0.2) is 0 Å². The van der Waals surface area contributed by atoms with Gasteiger partial charge in [-0.15, -0.1) is 21.5 Å². The number of nitrogens with zero attached hydrogens (tertiary/aromatic N) is 3. The molecule has 0 bridgehead atoms. The van der Waals surface area contributed by atoms with E-state index in [-0.39, 0.29) is 18.3 Å². The van der Waals surface area contributed by atoms with E-state index >= 15 is 0 Å². The first kappa shape index (κ1) is 18.5. The van der Waals surface area contributed by atoms with E-state index in [9.17, 15) is 9.18 Å². The average Bonchev–Trinajstić information content (AvgIpc) is 3.19. The predicted molar refractivity (Wildman–Crippen MR) is 98.4 cm³/mol.